The lowest BCUT2D eigenvalue weighted by molar-refractivity contribution is -0.137. The highest BCUT2D eigenvalue weighted by molar-refractivity contribution is 7.85. The smallest absolute Gasteiger partial charge is 0.347 e. The van der Waals surface area contributed by atoms with E-state index in [0.717, 1.165) is 12.1 Å². The number of nitrogens with one attached hydrogen (secondary N) is 1. The normalized spacial score (nSPS) is 21.7. The van der Waals surface area contributed by atoms with Crippen LogP contribution < -0.4 is 5.32 Å². The molecule has 4 nitrogen and oxygen atoms in total. The van der Waals surface area contributed by atoms with Crippen LogP contribution in [0.25, 0.3) is 10.9 Å². The van der Waals surface area contributed by atoms with E-state index in [2.05, 4.69) is 5.32 Å². The maximum absolute atomic E-state index is 12.8. The van der Waals surface area contributed by atoms with Crippen molar-refractivity contribution in [1.29, 1.82) is 0 Å². The Balaban J connectivity index is 1.90. The number of alkyl halides is 3. The number of carbonyl (C=O) groups is 1. The topological polar surface area (TPSA) is 51.1 Å². The van der Waals surface area contributed by atoms with E-state index in [1.54, 1.807) is 11.6 Å². The lowest BCUT2D eigenvalue weighted by Gasteiger charge is -2.11. The van der Waals surface area contributed by atoms with Crippen molar-refractivity contribution in [3.63, 3.8) is 0 Å². The maximum atomic E-state index is 12.8. The average Bonchev–Trinajstić information content (AvgIpc) is 3.01. The monoisotopic (exact) mass is 344 g/mol. The number of benzene rings is 1. The van der Waals surface area contributed by atoms with Gasteiger partial charge in [-0.25, -0.2) is 0 Å². The third kappa shape index (κ3) is 3.12. The van der Waals surface area contributed by atoms with Gasteiger partial charge in [-0.15, -0.1) is 0 Å². The molecule has 1 aromatic heterocycles. The van der Waals surface area contributed by atoms with Gasteiger partial charge in [0, 0.05) is 46.3 Å². The molecule has 1 fully saturated rings. The fourth-order valence-corrected chi connectivity index (χ4v) is 4.19. The van der Waals surface area contributed by atoms with Gasteiger partial charge in [-0.05, 0) is 30.7 Å². The van der Waals surface area contributed by atoms with Crippen LogP contribution in [0.15, 0.2) is 24.3 Å². The van der Waals surface area contributed by atoms with Crippen molar-refractivity contribution in [2.75, 3.05) is 11.5 Å². The Morgan fingerprint density at radius 1 is 1.35 bits per heavy atom. The maximum Gasteiger partial charge on any atom is 0.416 e. The number of aromatic nitrogens is 1. The van der Waals surface area contributed by atoms with Crippen molar-refractivity contribution >= 4 is 27.6 Å². The summed E-state index contributed by atoms with van der Waals surface area (Å²) in [6.45, 7) is 0. The number of nitrogens with zero attached hydrogens (tertiary/aromatic N) is 1. The summed E-state index contributed by atoms with van der Waals surface area (Å²) in [7, 11) is 0.731. The molecule has 1 amide bonds. The number of fused-ring (bicyclic) bond motifs is 1. The fourth-order valence-electron chi connectivity index (χ4n) is 2.78. The highest BCUT2D eigenvalue weighted by Gasteiger charge is 2.31. The lowest BCUT2D eigenvalue weighted by atomic mass is 10.1. The molecule has 0 aliphatic carbocycles. The molecule has 3 rings (SSSR count). The molecule has 0 unspecified atom stereocenters. The number of hydrogen-bond donors (Lipinski definition) is 1. The first-order valence-corrected chi connectivity index (χ1v) is 8.57. The molecule has 1 saturated heterocycles. The zero-order valence-electron chi connectivity index (χ0n) is 12.3. The van der Waals surface area contributed by atoms with Crippen molar-refractivity contribution in [3.05, 3.63) is 35.5 Å². The van der Waals surface area contributed by atoms with Crippen molar-refractivity contribution in [2.45, 2.75) is 18.6 Å². The molecule has 1 aliphatic heterocycles. The van der Waals surface area contributed by atoms with E-state index in [1.165, 1.54) is 12.1 Å². The second-order valence-corrected chi connectivity index (χ2v) is 7.25. The van der Waals surface area contributed by atoms with Gasteiger partial charge in [0.2, 0.25) is 0 Å². The Morgan fingerprint density at radius 3 is 2.70 bits per heavy atom. The van der Waals surface area contributed by atoms with Crippen LogP contribution >= 0.6 is 0 Å². The minimum atomic E-state index is -4.42. The number of amides is 1. The van der Waals surface area contributed by atoms with Crippen LogP contribution in [0.5, 0.6) is 0 Å². The quantitative estimate of drug-likeness (QED) is 0.910. The van der Waals surface area contributed by atoms with Gasteiger partial charge >= 0.3 is 6.18 Å². The van der Waals surface area contributed by atoms with E-state index >= 15 is 0 Å². The molecule has 0 radical (unpaired) electrons. The molecule has 23 heavy (non-hydrogen) atoms. The number of aryl methyl sites for hydroxylation is 1. The summed E-state index contributed by atoms with van der Waals surface area (Å²) < 4.78 is 51.2. The van der Waals surface area contributed by atoms with Crippen molar-refractivity contribution < 1.29 is 22.2 Å². The van der Waals surface area contributed by atoms with E-state index < -0.39 is 22.5 Å². The Labute approximate surface area is 133 Å². The predicted molar refractivity (Wildman–Crippen MR) is 81.7 cm³/mol. The van der Waals surface area contributed by atoms with Gasteiger partial charge < -0.3 is 9.88 Å². The Hall–Kier alpha value is -1.83. The number of carbonyl (C=O) groups excluding carboxylic acids is 1. The molecule has 1 aromatic carbocycles. The third-order valence-electron chi connectivity index (χ3n) is 4.02. The molecule has 0 spiro atoms. The van der Waals surface area contributed by atoms with Gasteiger partial charge in [0.15, 0.2) is 0 Å². The van der Waals surface area contributed by atoms with E-state index in [-0.39, 0.29) is 17.6 Å². The number of hydrogen-bond acceptors (Lipinski definition) is 2. The highest BCUT2D eigenvalue weighted by atomic mass is 32.2. The van der Waals surface area contributed by atoms with E-state index in [1.807, 2.05) is 0 Å². The van der Waals surface area contributed by atoms with E-state index in [0.29, 0.717) is 28.8 Å². The van der Waals surface area contributed by atoms with Gasteiger partial charge in [-0.1, -0.05) is 0 Å². The molecule has 124 valence electrons. The van der Waals surface area contributed by atoms with Gasteiger partial charge in [-0.2, -0.15) is 13.2 Å². The Kier molecular flexibility index (Phi) is 3.95. The van der Waals surface area contributed by atoms with Crippen LogP contribution in [0.3, 0.4) is 0 Å². The zero-order valence-corrected chi connectivity index (χ0v) is 13.1. The summed E-state index contributed by atoms with van der Waals surface area (Å²) in [6.07, 6.45) is -3.76. The summed E-state index contributed by atoms with van der Waals surface area (Å²) in [5.74, 6) is 0.629. The van der Waals surface area contributed by atoms with Gasteiger partial charge in [0.1, 0.15) is 5.69 Å². The molecule has 2 heterocycles. The molecule has 0 saturated carbocycles. The standard InChI is InChI=1S/C15H15F3N2O2S/c1-20-12-3-2-10(15(16,17)18)6-9(12)7-13(20)14(21)19-11-4-5-23(22)8-11/h2-3,6-7,11H,4-5,8H2,1H3,(H,19,21)/t11-,23+/m0/s1. The fraction of sp³-hybridized carbons (Fsp3) is 0.400. The summed E-state index contributed by atoms with van der Waals surface area (Å²) in [6, 6.07) is 4.71. The number of rotatable bonds is 2. The first kappa shape index (κ1) is 16.0. The molecule has 2 aromatic rings. The summed E-state index contributed by atoms with van der Waals surface area (Å²) in [5, 5.41) is 3.16. The minimum absolute atomic E-state index is 0.146. The molecule has 1 aliphatic rings. The van der Waals surface area contributed by atoms with Gasteiger partial charge in [0.25, 0.3) is 5.91 Å². The average molecular weight is 344 g/mol. The van der Waals surface area contributed by atoms with Crippen molar-refractivity contribution in [2.24, 2.45) is 7.05 Å². The first-order chi connectivity index (χ1) is 10.8. The summed E-state index contributed by atoms with van der Waals surface area (Å²) in [4.78, 5) is 12.3. The van der Waals surface area contributed by atoms with Crippen LogP contribution in [0.1, 0.15) is 22.5 Å². The number of halogens is 3. The summed E-state index contributed by atoms with van der Waals surface area (Å²) in [5.41, 5.74) is 0.101. The predicted octanol–water partition coefficient (Wildman–Crippen LogP) is 2.45. The van der Waals surface area contributed by atoms with Crippen molar-refractivity contribution in [3.8, 4) is 0 Å². The van der Waals surface area contributed by atoms with E-state index in [9.17, 15) is 22.2 Å². The van der Waals surface area contributed by atoms with Crippen LogP contribution in [0, 0.1) is 0 Å². The molecule has 8 heteroatoms. The van der Waals surface area contributed by atoms with Crippen LogP contribution in [0.2, 0.25) is 0 Å². The summed E-state index contributed by atoms with van der Waals surface area (Å²) >= 11 is 0. The third-order valence-corrected chi connectivity index (χ3v) is 5.48. The molecular weight excluding hydrogens is 329 g/mol. The van der Waals surface area contributed by atoms with Crippen LogP contribution in [0.4, 0.5) is 13.2 Å². The van der Waals surface area contributed by atoms with E-state index in [4.69, 9.17) is 0 Å². The minimum Gasteiger partial charge on any atom is -0.347 e. The first-order valence-electron chi connectivity index (χ1n) is 7.08. The van der Waals surface area contributed by atoms with Crippen LogP contribution in [-0.4, -0.2) is 32.2 Å². The largest absolute Gasteiger partial charge is 0.416 e. The van der Waals surface area contributed by atoms with Gasteiger partial charge in [-0.3, -0.25) is 9.00 Å². The van der Waals surface area contributed by atoms with Crippen molar-refractivity contribution in [1.82, 2.24) is 9.88 Å². The molecule has 2 atom stereocenters. The van der Waals surface area contributed by atoms with Gasteiger partial charge in [0.05, 0.1) is 5.56 Å². The Bertz CT molecular complexity index is 798. The second-order valence-electron chi connectivity index (χ2n) is 5.63. The highest BCUT2D eigenvalue weighted by Crippen LogP contribution is 2.32. The SMILES string of the molecule is Cn1c(C(=O)N[C@H]2CC[S@@](=O)C2)cc2cc(C(F)(F)F)ccc21. The molecular formula is C15H15F3N2O2S. The Morgan fingerprint density at radius 2 is 2.09 bits per heavy atom. The molecule has 0 bridgehead atoms. The molecule has 1 N–H and O–H groups in total. The lowest BCUT2D eigenvalue weighted by Crippen LogP contribution is -2.36. The zero-order chi connectivity index (χ0) is 16.8. The van der Waals surface area contributed by atoms with Crippen LogP contribution in [-0.2, 0) is 24.0 Å². The second kappa shape index (κ2) is 5.67.